The molecule has 2 heteroatoms. The molecule has 0 aromatic heterocycles. The fraction of sp³-hybridized carbons (Fsp3) is 1.00. The molecule has 0 aliphatic carbocycles. The molecule has 2 atom stereocenters. The van der Waals surface area contributed by atoms with Gasteiger partial charge in [-0.2, -0.15) is 0 Å². The zero-order valence-electron chi connectivity index (χ0n) is 10.8. The van der Waals surface area contributed by atoms with Crippen LogP contribution in [0.25, 0.3) is 0 Å². The lowest BCUT2D eigenvalue weighted by Crippen LogP contribution is -2.38. The van der Waals surface area contributed by atoms with Crippen molar-refractivity contribution in [3.8, 4) is 0 Å². The minimum atomic E-state index is 0.0741. The largest absolute Gasteiger partial charge is 0.376 e. The van der Waals surface area contributed by atoms with Crippen molar-refractivity contribution in [2.24, 2.45) is 23.5 Å². The van der Waals surface area contributed by atoms with Crippen molar-refractivity contribution in [1.29, 1.82) is 0 Å². The third kappa shape index (κ3) is 3.76. The minimum Gasteiger partial charge on any atom is -0.376 e. The maximum absolute atomic E-state index is 5.77. The maximum atomic E-state index is 5.77. The molecule has 0 bridgehead atoms. The van der Waals surface area contributed by atoms with E-state index in [1.165, 1.54) is 19.3 Å². The predicted molar refractivity (Wildman–Crippen MR) is 64.8 cm³/mol. The van der Waals surface area contributed by atoms with Gasteiger partial charge in [0.05, 0.1) is 5.60 Å². The first-order valence-corrected chi connectivity index (χ1v) is 6.30. The third-order valence-electron chi connectivity index (χ3n) is 3.70. The van der Waals surface area contributed by atoms with Gasteiger partial charge in [-0.05, 0) is 57.4 Å². The van der Waals surface area contributed by atoms with E-state index in [4.69, 9.17) is 10.5 Å². The van der Waals surface area contributed by atoms with Crippen LogP contribution < -0.4 is 5.73 Å². The van der Waals surface area contributed by atoms with Gasteiger partial charge in [0.2, 0.25) is 0 Å². The van der Waals surface area contributed by atoms with Gasteiger partial charge >= 0.3 is 0 Å². The molecule has 2 N–H and O–H groups in total. The Morgan fingerprint density at radius 3 is 2.53 bits per heavy atom. The molecule has 1 aliphatic rings. The first-order chi connectivity index (χ1) is 6.96. The van der Waals surface area contributed by atoms with Crippen molar-refractivity contribution >= 4 is 0 Å². The van der Waals surface area contributed by atoms with Crippen LogP contribution >= 0.6 is 0 Å². The Kier molecular flexibility index (Phi) is 4.60. The van der Waals surface area contributed by atoms with E-state index in [-0.39, 0.29) is 5.60 Å². The Bertz CT molecular complexity index is 189. The highest BCUT2D eigenvalue weighted by molar-refractivity contribution is 4.84. The summed E-state index contributed by atoms with van der Waals surface area (Å²) in [6.45, 7) is 10.8. The second-order valence-corrected chi connectivity index (χ2v) is 5.85. The van der Waals surface area contributed by atoms with Crippen molar-refractivity contribution in [2.45, 2.75) is 52.6 Å². The second-order valence-electron chi connectivity index (χ2n) is 5.85. The van der Waals surface area contributed by atoms with Gasteiger partial charge in [-0.25, -0.2) is 0 Å². The summed E-state index contributed by atoms with van der Waals surface area (Å²) in [7, 11) is 0. The lowest BCUT2D eigenvalue weighted by molar-refractivity contribution is -0.0866. The zero-order chi connectivity index (χ0) is 11.5. The number of hydrogen-bond acceptors (Lipinski definition) is 2. The van der Waals surface area contributed by atoms with E-state index < -0.39 is 0 Å². The van der Waals surface area contributed by atoms with Gasteiger partial charge in [-0.3, -0.25) is 0 Å². The summed E-state index contributed by atoms with van der Waals surface area (Å²) in [5.74, 6) is 2.32. The van der Waals surface area contributed by atoms with Gasteiger partial charge in [0.15, 0.2) is 0 Å². The van der Waals surface area contributed by atoms with E-state index in [1.807, 2.05) is 0 Å². The van der Waals surface area contributed by atoms with Gasteiger partial charge in [-0.15, -0.1) is 0 Å². The van der Waals surface area contributed by atoms with Crippen LogP contribution in [0.3, 0.4) is 0 Å². The van der Waals surface area contributed by atoms with Gasteiger partial charge in [-0.1, -0.05) is 13.8 Å². The number of hydrogen-bond donors (Lipinski definition) is 1. The summed E-state index contributed by atoms with van der Waals surface area (Å²) in [5, 5.41) is 0. The van der Waals surface area contributed by atoms with E-state index in [9.17, 15) is 0 Å². The minimum absolute atomic E-state index is 0.0741. The highest BCUT2D eigenvalue weighted by Gasteiger charge is 2.34. The molecule has 0 amide bonds. The molecule has 1 aliphatic heterocycles. The molecule has 0 radical (unpaired) electrons. The molecule has 1 saturated heterocycles. The van der Waals surface area contributed by atoms with Crippen LogP contribution in [0, 0.1) is 17.8 Å². The average molecular weight is 213 g/mol. The van der Waals surface area contributed by atoms with Gasteiger partial charge in [0.1, 0.15) is 0 Å². The molecule has 0 unspecified atom stereocenters. The van der Waals surface area contributed by atoms with Crippen LogP contribution in [-0.4, -0.2) is 18.8 Å². The summed E-state index contributed by atoms with van der Waals surface area (Å²) < 4.78 is 5.77. The predicted octanol–water partition coefficient (Wildman–Crippen LogP) is 2.81. The molecule has 1 heterocycles. The topological polar surface area (TPSA) is 35.2 Å². The lowest BCUT2D eigenvalue weighted by atomic mass is 9.73. The van der Waals surface area contributed by atoms with E-state index in [1.54, 1.807) is 0 Å². The van der Waals surface area contributed by atoms with E-state index in [2.05, 4.69) is 27.7 Å². The Balaban J connectivity index is 2.59. The molecule has 0 saturated carbocycles. The summed E-state index contributed by atoms with van der Waals surface area (Å²) in [5.41, 5.74) is 5.78. The fourth-order valence-electron chi connectivity index (χ4n) is 2.95. The van der Waals surface area contributed by atoms with Crippen molar-refractivity contribution < 1.29 is 4.74 Å². The van der Waals surface area contributed by atoms with Crippen molar-refractivity contribution in [2.75, 3.05) is 13.2 Å². The van der Waals surface area contributed by atoms with Gasteiger partial charge in [0.25, 0.3) is 0 Å². The number of rotatable bonds is 4. The van der Waals surface area contributed by atoms with Crippen LogP contribution in [0.2, 0.25) is 0 Å². The van der Waals surface area contributed by atoms with E-state index in [0.29, 0.717) is 0 Å². The van der Waals surface area contributed by atoms with Crippen LogP contribution in [0.4, 0.5) is 0 Å². The molecule has 15 heavy (non-hydrogen) atoms. The zero-order valence-corrected chi connectivity index (χ0v) is 10.8. The number of ether oxygens (including phenoxy) is 1. The van der Waals surface area contributed by atoms with Crippen LogP contribution in [0.5, 0.6) is 0 Å². The van der Waals surface area contributed by atoms with Crippen LogP contribution in [-0.2, 0) is 4.74 Å². The normalized spacial score (nSPS) is 28.0. The molecular weight excluding hydrogens is 186 g/mol. The summed E-state index contributed by atoms with van der Waals surface area (Å²) >= 11 is 0. The van der Waals surface area contributed by atoms with E-state index in [0.717, 1.165) is 30.9 Å². The molecule has 0 spiro atoms. The van der Waals surface area contributed by atoms with Gasteiger partial charge in [0, 0.05) is 6.61 Å². The molecule has 1 rings (SSSR count). The van der Waals surface area contributed by atoms with Crippen molar-refractivity contribution in [3.05, 3.63) is 0 Å². The second kappa shape index (κ2) is 5.31. The highest BCUT2D eigenvalue weighted by atomic mass is 16.5. The summed E-state index contributed by atoms with van der Waals surface area (Å²) in [6, 6.07) is 0. The first-order valence-electron chi connectivity index (χ1n) is 6.30. The SMILES string of the molecule is CC(C)[C@H](CCN)[C@H]1CCOC(C)(C)C1. The molecule has 0 aromatic carbocycles. The first kappa shape index (κ1) is 13.0. The molecule has 1 fully saturated rings. The maximum Gasteiger partial charge on any atom is 0.0629 e. The Morgan fingerprint density at radius 2 is 2.07 bits per heavy atom. The monoisotopic (exact) mass is 213 g/mol. The van der Waals surface area contributed by atoms with Crippen LogP contribution in [0.1, 0.15) is 47.0 Å². The Labute approximate surface area is 94.6 Å². The van der Waals surface area contributed by atoms with Crippen LogP contribution in [0.15, 0.2) is 0 Å². The molecule has 0 aromatic rings. The lowest BCUT2D eigenvalue weighted by Gasteiger charge is -2.40. The summed E-state index contributed by atoms with van der Waals surface area (Å²) in [4.78, 5) is 0. The summed E-state index contributed by atoms with van der Waals surface area (Å²) in [6.07, 6.45) is 3.57. The standard InChI is InChI=1S/C13H27NO/c1-10(2)12(5-7-14)11-6-8-15-13(3,4)9-11/h10-12H,5-9,14H2,1-4H3/t11-,12-/m0/s1. The highest BCUT2D eigenvalue weighted by Crippen LogP contribution is 2.37. The fourth-order valence-corrected chi connectivity index (χ4v) is 2.95. The number of nitrogens with two attached hydrogens (primary N) is 1. The van der Waals surface area contributed by atoms with Crippen molar-refractivity contribution in [1.82, 2.24) is 0 Å². The smallest absolute Gasteiger partial charge is 0.0629 e. The molecular formula is C13H27NO. The molecule has 2 nitrogen and oxygen atoms in total. The van der Waals surface area contributed by atoms with Gasteiger partial charge < -0.3 is 10.5 Å². The Hall–Kier alpha value is -0.0800. The quantitative estimate of drug-likeness (QED) is 0.779. The van der Waals surface area contributed by atoms with Crippen molar-refractivity contribution in [3.63, 3.8) is 0 Å². The molecule has 90 valence electrons. The Morgan fingerprint density at radius 1 is 1.40 bits per heavy atom. The van der Waals surface area contributed by atoms with E-state index >= 15 is 0 Å². The average Bonchev–Trinajstić information content (AvgIpc) is 2.11. The third-order valence-corrected chi connectivity index (χ3v) is 3.70.